The summed E-state index contributed by atoms with van der Waals surface area (Å²) in [5, 5.41) is 0. The van der Waals surface area contributed by atoms with Gasteiger partial charge in [-0.15, -0.1) is 0 Å². The van der Waals surface area contributed by atoms with Crippen molar-refractivity contribution in [3.63, 3.8) is 0 Å². The smallest absolute Gasteiger partial charge is 0.139 e. The first-order valence-corrected chi connectivity index (χ1v) is 7.33. The van der Waals surface area contributed by atoms with E-state index in [1.54, 1.807) is 0 Å². The lowest BCUT2D eigenvalue weighted by Gasteiger charge is -2.24. The molecule has 1 aliphatic rings. The van der Waals surface area contributed by atoms with Crippen LogP contribution >= 0.6 is 0 Å². The Labute approximate surface area is 112 Å². The fourth-order valence-corrected chi connectivity index (χ4v) is 2.63. The van der Waals surface area contributed by atoms with E-state index >= 15 is 0 Å². The van der Waals surface area contributed by atoms with Gasteiger partial charge in [-0.05, 0) is 52.9 Å². The van der Waals surface area contributed by atoms with Gasteiger partial charge in [-0.25, -0.2) is 0 Å². The van der Waals surface area contributed by atoms with Gasteiger partial charge in [-0.2, -0.15) is 0 Å². The SMILES string of the molecule is CC(C)=CCC/C(C)=C/CC1CCCC(C)C1=O. The van der Waals surface area contributed by atoms with E-state index in [9.17, 15) is 4.79 Å². The molecule has 18 heavy (non-hydrogen) atoms. The van der Waals surface area contributed by atoms with E-state index in [1.807, 2.05) is 0 Å². The lowest BCUT2D eigenvalue weighted by Crippen LogP contribution is -2.26. The van der Waals surface area contributed by atoms with E-state index in [1.165, 1.54) is 17.6 Å². The number of carbonyl (C=O) groups excluding carboxylic acids is 1. The van der Waals surface area contributed by atoms with Crippen molar-refractivity contribution < 1.29 is 4.79 Å². The van der Waals surface area contributed by atoms with Crippen LogP contribution in [0.15, 0.2) is 23.3 Å². The molecule has 0 N–H and O–H groups in total. The minimum absolute atomic E-state index is 0.295. The number of carbonyl (C=O) groups is 1. The summed E-state index contributed by atoms with van der Waals surface area (Å²) in [4.78, 5) is 12.0. The van der Waals surface area contributed by atoms with Gasteiger partial charge < -0.3 is 0 Å². The Morgan fingerprint density at radius 2 is 1.94 bits per heavy atom. The second-order valence-electron chi connectivity index (χ2n) is 6.04. The second-order valence-corrected chi connectivity index (χ2v) is 6.04. The Balaban J connectivity index is 2.38. The average Bonchev–Trinajstić information content (AvgIpc) is 2.30. The molecule has 1 fully saturated rings. The van der Waals surface area contributed by atoms with Crippen molar-refractivity contribution in [2.24, 2.45) is 11.8 Å². The van der Waals surface area contributed by atoms with Crippen molar-refractivity contribution in [2.45, 2.75) is 66.2 Å². The number of rotatable bonds is 5. The largest absolute Gasteiger partial charge is 0.299 e. The first-order valence-electron chi connectivity index (χ1n) is 7.33. The summed E-state index contributed by atoms with van der Waals surface area (Å²) in [6.45, 7) is 8.55. The van der Waals surface area contributed by atoms with Gasteiger partial charge in [0.2, 0.25) is 0 Å². The van der Waals surface area contributed by atoms with Gasteiger partial charge in [-0.1, -0.05) is 36.6 Å². The molecule has 0 spiro atoms. The Morgan fingerprint density at radius 3 is 2.61 bits per heavy atom. The molecule has 0 radical (unpaired) electrons. The van der Waals surface area contributed by atoms with Gasteiger partial charge in [0.1, 0.15) is 5.78 Å². The lowest BCUT2D eigenvalue weighted by molar-refractivity contribution is -0.128. The number of Topliss-reactive ketones (excluding diaryl/α,β-unsaturated/α-hetero) is 1. The van der Waals surface area contributed by atoms with E-state index < -0.39 is 0 Å². The number of ketones is 1. The van der Waals surface area contributed by atoms with E-state index in [4.69, 9.17) is 0 Å². The molecule has 102 valence electrons. The molecule has 0 aliphatic heterocycles. The zero-order valence-electron chi connectivity index (χ0n) is 12.5. The third kappa shape index (κ3) is 5.20. The highest BCUT2D eigenvalue weighted by molar-refractivity contribution is 5.83. The number of hydrogen-bond acceptors (Lipinski definition) is 1. The standard InChI is InChI=1S/C17H28O/c1-13(2)7-5-8-14(3)11-12-16-10-6-9-15(4)17(16)18/h7,11,15-16H,5-6,8-10,12H2,1-4H3/b14-11+. The van der Waals surface area contributed by atoms with Gasteiger partial charge in [0, 0.05) is 11.8 Å². The lowest BCUT2D eigenvalue weighted by atomic mass is 9.79. The van der Waals surface area contributed by atoms with Crippen molar-refractivity contribution in [1.29, 1.82) is 0 Å². The molecular formula is C17H28O. The molecule has 1 saturated carbocycles. The Kier molecular flexibility index (Phi) is 6.38. The third-order valence-electron chi connectivity index (χ3n) is 3.92. The highest BCUT2D eigenvalue weighted by Gasteiger charge is 2.26. The number of hydrogen-bond donors (Lipinski definition) is 0. The second kappa shape index (κ2) is 7.56. The molecule has 0 aromatic carbocycles. The van der Waals surface area contributed by atoms with Gasteiger partial charge in [-0.3, -0.25) is 4.79 Å². The van der Waals surface area contributed by atoms with Gasteiger partial charge in [0.15, 0.2) is 0 Å². The summed E-state index contributed by atoms with van der Waals surface area (Å²) in [6.07, 6.45) is 11.2. The summed E-state index contributed by atoms with van der Waals surface area (Å²) >= 11 is 0. The summed E-state index contributed by atoms with van der Waals surface area (Å²) in [5.74, 6) is 1.09. The molecule has 0 heterocycles. The maximum atomic E-state index is 12.0. The Morgan fingerprint density at radius 1 is 1.22 bits per heavy atom. The zero-order valence-corrected chi connectivity index (χ0v) is 12.5. The molecule has 0 aromatic heterocycles. The predicted molar refractivity (Wildman–Crippen MR) is 78.6 cm³/mol. The minimum Gasteiger partial charge on any atom is -0.299 e. The highest BCUT2D eigenvalue weighted by atomic mass is 16.1. The van der Waals surface area contributed by atoms with Crippen molar-refractivity contribution in [3.8, 4) is 0 Å². The quantitative estimate of drug-likeness (QED) is 0.620. The molecule has 2 unspecified atom stereocenters. The van der Waals surface area contributed by atoms with Crippen LogP contribution in [-0.2, 0) is 4.79 Å². The number of allylic oxidation sites excluding steroid dienone is 4. The van der Waals surface area contributed by atoms with E-state index in [-0.39, 0.29) is 0 Å². The van der Waals surface area contributed by atoms with Crippen LogP contribution in [0.4, 0.5) is 0 Å². The van der Waals surface area contributed by atoms with Gasteiger partial charge >= 0.3 is 0 Å². The van der Waals surface area contributed by atoms with E-state index in [0.717, 1.165) is 32.1 Å². The summed E-state index contributed by atoms with van der Waals surface area (Å²) in [6, 6.07) is 0. The molecule has 1 heteroatoms. The monoisotopic (exact) mass is 248 g/mol. The molecule has 1 rings (SSSR count). The summed E-state index contributed by atoms with van der Waals surface area (Å²) in [7, 11) is 0. The summed E-state index contributed by atoms with van der Waals surface area (Å²) < 4.78 is 0. The predicted octanol–water partition coefficient (Wildman–Crippen LogP) is 5.07. The molecular weight excluding hydrogens is 220 g/mol. The van der Waals surface area contributed by atoms with Crippen molar-refractivity contribution >= 4 is 5.78 Å². The van der Waals surface area contributed by atoms with Crippen LogP contribution in [0.3, 0.4) is 0 Å². The van der Waals surface area contributed by atoms with Crippen molar-refractivity contribution in [1.82, 2.24) is 0 Å². The molecule has 1 nitrogen and oxygen atoms in total. The first kappa shape index (κ1) is 15.2. The first-order chi connectivity index (χ1) is 8.50. The fraction of sp³-hybridized carbons (Fsp3) is 0.706. The normalized spacial score (nSPS) is 25.1. The van der Waals surface area contributed by atoms with Gasteiger partial charge in [0.05, 0.1) is 0 Å². The fourth-order valence-electron chi connectivity index (χ4n) is 2.63. The molecule has 0 aromatic rings. The van der Waals surface area contributed by atoms with Crippen LogP contribution in [0.2, 0.25) is 0 Å². The van der Waals surface area contributed by atoms with E-state index in [2.05, 4.69) is 39.8 Å². The average molecular weight is 248 g/mol. The van der Waals surface area contributed by atoms with Crippen LogP contribution in [0.25, 0.3) is 0 Å². The molecule has 2 atom stereocenters. The van der Waals surface area contributed by atoms with Crippen LogP contribution < -0.4 is 0 Å². The maximum Gasteiger partial charge on any atom is 0.139 e. The Bertz CT molecular complexity index is 332. The Hall–Kier alpha value is -0.850. The molecule has 1 aliphatic carbocycles. The minimum atomic E-state index is 0.295. The topological polar surface area (TPSA) is 17.1 Å². The van der Waals surface area contributed by atoms with E-state index in [0.29, 0.717) is 17.6 Å². The van der Waals surface area contributed by atoms with Crippen LogP contribution in [0.1, 0.15) is 66.2 Å². The summed E-state index contributed by atoms with van der Waals surface area (Å²) in [5.41, 5.74) is 2.82. The molecule has 0 bridgehead atoms. The van der Waals surface area contributed by atoms with Crippen molar-refractivity contribution in [3.05, 3.63) is 23.3 Å². The van der Waals surface area contributed by atoms with Gasteiger partial charge in [0.25, 0.3) is 0 Å². The van der Waals surface area contributed by atoms with Crippen LogP contribution in [-0.4, -0.2) is 5.78 Å². The third-order valence-corrected chi connectivity index (χ3v) is 3.92. The molecule has 0 saturated heterocycles. The molecule has 0 amide bonds. The maximum absolute atomic E-state index is 12.0. The van der Waals surface area contributed by atoms with Crippen LogP contribution in [0, 0.1) is 11.8 Å². The highest BCUT2D eigenvalue weighted by Crippen LogP contribution is 2.28. The zero-order chi connectivity index (χ0) is 13.5. The van der Waals surface area contributed by atoms with Crippen LogP contribution in [0.5, 0.6) is 0 Å². The van der Waals surface area contributed by atoms with Crippen molar-refractivity contribution in [2.75, 3.05) is 0 Å².